The minimum atomic E-state index is -0.380. The summed E-state index contributed by atoms with van der Waals surface area (Å²) >= 11 is 1.53. The molecular weight excluding hydrogens is 374 g/mol. The number of thioether (sulfide) groups is 1. The van der Waals surface area contributed by atoms with Crippen LogP contribution >= 0.6 is 11.8 Å². The predicted molar refractivity (Wildman–Crippen MR) is 110 cm³/mol. The Morgan fingerprint density at radius 1 is 1.14 bits per heavy atom. The van der Waals surface area contributed by atoms with E-state index >= 15 is 0 Å². The fraction of sp³-hybridized carbons (Fsp3) is 0.190. The maximum Gasteiger partial charge on any atom is 0.336 e. The molecule has 0 amide bonds. The van der Waals surface area contributed by atoms with Crippen molar-refractivity contribution in [2.24, 2.45) is 7.05 Å². The van der Waals surface area contributed by atoms with Gasteiger partial charge < -0.3 is 13.7 Å². The summed E-state index contributed by atoms with van der Waals surface area (Å²) in [5, 5.41) is 10.4. The molecule has 0 unspecified atom stereocenters. The molecule has 0 N–H and O–H groups in total. The molecule has 0 saturated heterocycles. The van der Waals surface area contributed by atoms with Crippen LogP contribution in [0, 0.1) is 6.92 Å². The molecule has 4 aromatic rings. The first-order valence-corrected chi connectivity index (χ1v) is 9.74. The highest BCUT2D eigenvalue weighted by atomic mass is 32.2. The summed E-state index contributed by atoms with van der Waals surface area (Å²) in [5.74, 6) is 2.05. The van der Waals surface area contributed by atoms with E-state index in [4.69, 9.17) is 9.15 Å². The van der Waals surface area contributed by atoms with Crippen molar-refractivity contribution >= 4 is 22.7 Å². The van der Waals surface area contributed by atoms with Crippen LogP contribution < -0.4 is 10.4 Å². The standard InChI is InChI=1S/C21H19N3O3S/c1-13-6-4-5-7-16(13)20-22-23-21(24(20)2)28-12-14-10-19(25)27-18-11-15(26-3)8-9-17(14)18/h4-11H,12H2,1-3H3. The number of aryl methyl sites for hydroxylation is 1. The molecule has 2 heterocycles. The van der Waals surface area contributed by atoms with Crippen LogP contribution in [-0.4, -0.2) is 21.9 Å². The van der Waals surface area contributed by atoms with E-state index in [1.54, 1.807) is 13.2 Å². The highest BCUT2D eigenvalue weighted by Crippen LogP contribution is 2.29. The summed E-state index contributed by atoms with van der Waals surface area (Å²) in [7, 11) is 3.53. The fourth-order valence-electron chi connectivity index (χ4n) is 3.10. The molecule has 7 heteroatoms. The number of hydrogen-bond donors (Lipinski definition) is 0. The lowest BCUT2D eigenvalue weighted by molar-refractivity contribution is 0.414. The van der Waals surface area contributed by atoms with Gasteiger partial charge in [-0.25, -0.2) is 4.79 Å². The van der Waals surface area contributed by atoms with E-state index in [9.17, 15) is 4.79 Å². The van der Waals surface area contributed by atoms with Crippen LogP contribution in [0.3, 0.4) is 0 Å². The first-order valence-electron chi connectivity index (χ1n) is 8.76. The Hall–Kier alpha value is -3.06. The topological polar surface area (TPSA) is 70.2 Å². The summed E-state index contributed by atoms with van der Waals surface area (Å²) in [6.07, 6.45) is 0. The molecule has 142 valence electrons. The van der Waals surface area contributed by atoms with Crippen LogP contribution in [0.15, 0.2) is 62.9 Å². The van der Waals surface area contributed by atoms with Crippen molar-refractivity contribution in [2.45, 2.75) is 17.8 Å². The monoisotopic (exact) mass is 393 g/mol. The van der Waals surface area contributed by atoms with Gasteiger partial charge in [-0.2, -0.15) is 0 Å². The SMILES string of the molecule is COc1ccc2c(CSc3nnc(-c4ccccc4C)n3C)cc(=O)oc2c1. The summed E-state index contributed by atoms with van der Waals surface area (Å²) in [6.45, 7) is 2.06. The first kappa shape index (κ1) is 18.3. The fourth-order valence-corrected chi connectivity index (χ4v) is 4.00. The van der Waals surface area contributed by atoms with Gasteiger partial charge in [0.2, 0.25) is 0 Å². The molecule has 0 aliphatic carbocycles. The quantitative estimate of drug-likeness (QED) is 0.374. The number of aromatic nitrogens is 3. The zero-order valence-corrected chi connectivity index (χ0v) is 16.6. The number of fused-ring (bicyclic) bond motifs is 1. The van der Waals surface area contributed by atoms with Gasteiger partial charge in [-0.15, -0.1) is 10.2 Å². The second kappa shape index (κ2) is 7.52. The molecule has 2 aromatic carbocycles. The van der Waals surface area contributed by atoms with Crippen LogP contribution in [0.4, 0.5) is 0 Å². The average molecular weight is 393 g/mol. The molecule has 0 fully saturated rings. The van der Waals surface area contributed by atoms with E-state index in [2.05, 4.69) is 23.2 Å². The number of rotatable bonds is 5. The van der Waals surface area contributed by atoms with Crippen molar-refractivity contribution in [1.82, 2.24) is 14.8 Å². The van der Waals surface area contributed by atoms with E-state index in [1.165, 1.54) is 17.8 Å². The van der Waals surface area contributed by atoms with E-state index in [1.807, 2.05) is 41.9 Å². The van der Waals surface area contributed by atoms with Gasteiger partial charge in [0.25, 0.3) is 0 Å². The van der Waals surface area contributed by atoms with Crippen molar-refractivity contribution in [1.29, 1.82) is 0 Å². The number of hydrogen-bond acceptors (Lipinski definition) is 6. The predicted octanol–water partition coefficient (Wildman–Crippen LogP) is 4.20. The van der Waals surface area contributed by atoms with Crippen molar-refractivity contribution in [2.75, 3.05) is 7.11 Å². The average Bonchev–Trinajstić information content (AvgIpc) is 3.06. The van der Waals surface area contributed by atoms with Crippen LogP contribution in [0.2, 0.25) is 0 Å². The maximum absolute atomic E-state index is 12.0. The van der Waals surface area contributed by atoms with Gasteiger partial charge in [-0.1, -0.05) is 36.0 Å². The maximum atomic E-state index is 12.0. The highest BCUT2D eigenvalue weighted by molar-refractivity contribution is 7.98. The van der Waals surface area contributed by atoms with Gasteiger partial charge in [0, 0.05) is 35.9 Å². The first-order chi connectivity index (χ1) is 13.6. The Bertz CT molecular complexity index is 1210. The second-order valence-electron chi connectivity index (χ2n) is 6.42. The lowest BCUT2D eigenvalue weighted by Gasteiger charge is -2.08. The normalized spacial score (nSPS) is 11.1. The third kappa shape index (κ3) is 3.41. The van der Waals surface area contributed by atoms with E-state index in [-0.39, 0.29) is 5.63 Å². The van der Waals surface area contributed by atoms with Crippen LogP contribution in [-0.2, 0) is 12.8 Å². The molecule has 0 atom stereocenters. The molecule has 0 aliphatic rings. The van der Waals surface area contributed by atoms with Gasteiger partial charge in [-0.05, 0) is 30.2 Å². The molecule has 0 aliphatic heterocycles. The number of benzene rings is 2. The third-order valence-electron chi connectivity index (χ3n) is 4.62. The van der Waals surface area contributed by atoms with Gasteiger partial charge in [0.05, 0.1) is 7.11 Å². The van der Waals surface area contributed by atoms with Crippen LogP contribution in [0.1, 0.15) is 11.1 Å². The smallest absolute Gasteiger partial charge is 0.336 e. The zero-order chi connectivity index (χ0) is 19.7. The number of ether oxygens (including phenoxy) is 1. The molecule has 0 radical (unpaired) electrons. The number of nitrogens with zero attached hydrogens (tertiary/aromatic N) is 3. The van der Waals surface area contributed by atoms with Gasteiger partial charge >= 0.3 is 5.63 Å². The molecule has 0 bridgehead atoms. The Balaban J connectivity index is 1.64. The largest absolute Gasteiger partial charge is 0.497 e. The number of methoxy groups -OCH3 is 1. The molecule has 0 spiro atoms. The second-order valence-corrected chi connectivity index (χ2v) is 7.36. The van der Waals surface area contributed by atoms with Gasteiger partial charge in [0.15, 0.2) is 11.0 Å². The van der Waals surface area contributed by atoms with Crippen LogP contribution in [0.25, 0.3) is 22.4 Å². The Morgan fingerprint density at radius 3 is 2.75 bits per heavy atom. The molecule has 4 rings (SSSR count). The molecule has 2 aromatic heterocycles. The zero-order valence-electron chi connectivity index (χ0n) is 15.8. The lowest BCUT2D eigenvalue weighted by atomic mass is 10.1. The molecular formula is C21H19N3O3S. The van der Waals surface area contributed by atoms with E-state index in [0.717, 1.165) is 33.1 Å². The summed E-state index contributed by atoms with van der Waals surface area (Å²) in [6, 6.07) is 15.1. The lowest BCUT2D eigenvalue weighted by Crippen LogP contribution is -2.01. The van der Waals surface area contributed by atoms with Gasteiger partial charge in [0.1, 0.15) is 11.3 Å². The molecule has 28 heavy (non-hydrogen) atoms. The Labute approximate surface area is 166 Å². The minimum Gasteiger partial charge on any atom is -0.497 e. The Morgan fingerprint density at radius 2 is 1.96 bits per heavy atom. The molecule has 0 saturated carbocycles. The molecule has 6 nitrogen and oxygen atoms in total. The van der Waals surface area contributed by atoms with E-state index in [0.29, 0.717) is 17.1 Å². The Kier molecular flexibility index (Phi) is 4.92. The summed E-state index contributed by atoms with van der Waals surface area (Å²) in [5.41, 5.74) is 3.23. The third-order valence-corrected chi connectivity index (χ3v) is 5.68. The summed E-state index contributed by atoms with van der Waals surface area (Å²) < 4.78 is 12.5. The van der Waals surface area contributed by atoms with Gasteiger partial charge in [-0.3, -0.25) is 0 Å². The van der Waals surface area contributed by atoms with Crippen LogP contribution in [0.5, 0.6) is 5.75 Å². The van der Waals surface area contributed by atoms with E-state index < -0.39 is 0 Å². The van der Waals surface area contributed by atoms with Crippen molar-refractivity contribution in [3.05, 3.63) is 70.1 Å². The van der Waals surface area contributed by atoms with Crippen molar-refractivity contribution in [3.8, 4) is 17.1 Å². The van der Waals surface area contributed by atoms with Crippen molar-refractivity contribution in [3.63, 3.8) is 0 Å². The highest BCUT2D eigenvalue weighted by Gasteiger charge is 2.14. The van der Waals surface area contributed by atoms with Crippen molar-refractivity contribution < 1.29 is 9.15 Å². The minimum absolute atomic E-state index is 0.380. The summed E-state index contributed by atoms with van der Waals surface area (Å²) in [4.78, 5) is 12.0.